The second-order valence-corrected chi connectivity index (χ2v) is 13.3. The zero-order valence-electron chi connectivity index (χ0n) is 34.5. The summed E-state index contributed by atoms with van der Waals surface area (Å²) in [6.07, 6.45) is 0. The van der Waals surface area contributed by atoms with Crippen LogP contribution in [0, 0.1) is 13.8 Å². The van der Waals surface area contributed by atoms with Gasteiger partial charge in [-0.2, -0.15) is 0 Å². The quantitative estimate of drug-likeness (QED) is 0.109. The van der Waals surface area contributed by atoms with Gasteiger partial charge in [0.15, 0.2) is 0 Å². The molecule has 0 bridgehead atoms. The van der Waals surface area contributed by atoms with Crippen LogP contribution in [0.4, 0.5) is 11.4 Å². The number of nitrogens with zero attached hydrogens (tertiary/aromatic N) is 1. The van der Waals surface area contributed by atoms with E-state index in [2.05, 4.69) is 16.0 Å². The van der Waals surface area contributed by atoms with Crippen LogP contribution in [0.2, 0.25) is 0 Å². The molecule has 6 aromatic rings. The van der Waals surface area contributed by atoms with Crippen molar-refractivity contribution in [3.63, 3.8) is 0 Å². The molecule has 6 aromatic carbocycles. The smallest absolute Gasteiger partial charge is 0.336 e. The van der Waals surface area contributed by atoms with Crippen LogP contribution in [-0.4, -0.2) is 54.7 Å². The third-order valence-corrected chi connectivity index (χ3v) is 8.62. The summed E-state index contributed by atoms with van der Waals surface area (Å²) in [6, 6.07) is 42.2. The summed E-state index contributed by atoms with van der Waals surface area (Å²) in [6.45, 7) is 6.96. The molecule has 5 amide bonds. The Hall–Kier alpha value is -8.06. The van der Waals surface area contributed by atoms with Gasteiger partial charge in [0.05, 0.1) is 27.9 Å². The third-order valence-electron chi connectivity index (χ3n) is 8.62. The highest BCUT2D eigenvalue weighted by Crippen LogP contribution is 2.31. The number of carboxylic acid groups (broad SMARTS) is 1. The summed E-state index contributed by atoms with van der Waals surface area (Å²) in [4.78, 5) is 69.1. The number of amides is 5. The van der Waals surface area contributed by atoms with Gasteiger partial charge in [0, 0.05) is 33.6 Å². The van der Waals surface area contributed by atoms with Crippen LogP contribution in [0.25, 0.3) is 0 Å². The van der Waals surface area contributed by atoms with Gasteiger partial charge in [0.25, 0.3) is 17.7 Å². The summed E-state index contributed by atoms with van der Waals surface area (Å²) in [5, 5.41) is 16.6. The SMILES string of the molecule is CNC(C)=O.CNC(C)=O.Cc1ccc(Oc2ccc(N3C(=O)c4ccccc4C3=O)cc2)cc1.Cc1ccc(Oc2ccc(NC(=O)c3ccccc3C(=O)O)cc2)cc1. The normalized spacial score (nSPS) is 10.8. The standard InChI is InChI=1S/C21H17NO4.C21H15NO3.2C3H7NO/c1-14-6-10-16(11-7-14)26-17-12-8-15(9-13-17)22-20(23)18-4-2-3-5-19(18)21(24)25;1-14-6-10-16(11-7-14)25-17-12-8-15(9-13-17)22-20(23)18-4-2-3-5-19(18)21(22)24;2*1-3(5)4-2/h2-13H,1H3,(H,22,23)(H,24,25);2-13H,1H3;2*1-2H3,(H,4,5). The van der Waals surface area contributed by atoms with Crippen molar-refractivity contribution >= 4 is 46.9 Å². The number of ether oxygens (including phenoxy) is 2. The Bertz CT molecular complexity index is 2420. The van der Waals surface area contributed by atoms with Crippen molar-refractivity contribution in [1.82, 2.24) is 10.6 Å². The number of imide groups is 1. The van der Waals surface area contributed by atoms with Gasteiger partial charge in [-0.1, -0.05) is 59.7 Å². The largest absolute Gasteiger partial charge is 0.478 e. The molecule has 0 fully saturated rings. The maximum atomic E-state index is 12.5. The Morgan fingerprint density at radius 2 is 0.852 bits per heavy atom. The Labute approximate surface area is 354 Å². The fraction of sp³-hybridized carbons (Fsp3) is 0.125. The molecule has 0 spiro atoms. The Balaban J connectivity index is 0.000000220. The number of aryl methyl sites for hydroxylation is 2. The van der Waals surface area contributed by atoms with E-state index >= 15 is 0 Å². The van der Waals surface area contributed by atoms with Gasteiger partial charge in [-0.15, -0.1) is 0 Å². The van der Waals surface area contributed by atoms with Crippen LogP contribution >= 0.6 is 0 Å². The van der Waals surface area contributed by atoms with E-state index in [9.17, 15) is 33.9 Å². The minimum atomic E-state index is -1.14. The lowest BCUT2D eigenvalue weighted by atomic mass is 10.1. The summed E-state index contributed by atoms with van der Waals surface area (Å²) >= 11 is 0. The number of rotatable bonds is 8. The number of aromatic carboxylic acids is 1. The highest BCUT2D eigenvalue weighted by Gasteiger charge is 2.36. The maximum absolute atomic E-state index is 12.5. The number of hydrogen-bond acceptors (Lipinski definition) is 8. The number of carbonyl (C=O) groups is 6. The molecular weight excluding hydrogens is 777 g/mol. The topological polar surface area (TPSA) is 180 Å². The molecule has 0 aromatic heterocycles. The minimum absolute atomic E-state index is 0.00463. The molecule has 4 N–H and O–H groups in total. The van der Waals surface area contributed by atoms with Crippen molar-refractivity contribution < 1.29 is 43.3 Å². The van der Waals surface area contributed by atoms with Crippen molar-refractivity contribution in [3.05, 3.63) is 179 Å². The van der Waals surface area contributed by atoms with Gasteiger partial charge in [-0.3, -0.25) is 24.0 Å². The number of nitrogens with one attached hydrogen (secondary N) is 3. The number of carboxylic acids is 1. The van der Waals surface area contributed by atoms with Gasteiger partial charge in [-0.05, 0) is 111 Å². The van der Waals surface area contributed by atoms with E-state index in [-0.39, 0.29) is 34.8 Å². The van der Waals surface area contributed by atoms with Gasteiger partial charge in [-0.25, -0.2) is 9.69 Å². The average molecular weight is 823 g/mol. The van der Waals surface area contributed by atoms with E-state index < -0.39 is 11.9 Å². The predicted molar refractivity (Wildman–Crippen MR) is 234 cm³/mol. The van der Waals surface area contributed by atoms with Gasteiger partial charge < -0.3 is 30.5 Å². The molecule has 1 heterocycles. The highest BCUT2D eigenvalue weighted by atomic mass is 16.5. The second kappa shape index (κ2) is 22.2. The van der Waals surface area contributed by atoms with E-state index in [4.69, 9.17) is 9.47 Å². The highest BCUT2D eigenvalue weighted by molar-refractivity contribution is 6.34. The summed E-state index contributed by atoms with van der Waals surface area (Å²) in [7, 11) is 3.20. The number of fused-ring (bicyclic) bond motifs is 1. The lowest BCUT2D eigenvalue weighted by molar-refractivity contribution is -0.119. The van der Waals surface area contributed by atoms with Crippen LogP contribution in [-0.2, 0) is 9.59 Å². The van der Waals surface area contributed by atoms with Crippen LogP contribution in [0.3, 0.4) is 0 Å². The molecule has 13 heteroatoms. The monoisotopic (exact) mass is 822 g/mol. The Morgan fingerprint density at radius 3 is 1.23 bits per heavy atom. The molecule has 0 atom stereocenters. The number of hydrogen-bond donors (Lipinski definition) is 4. The lowest BCUT2D eigenvalue weighted by Gasteiger charge is -2.14. The van der Waals surface area contributed by atoms with Crippen LogP contribution in [0.5, 0.6) is 23.0 Å². The van der Waals surface area contributed by atoms with Gasteiger partial charge >= 0.3 is 5.97 Å². The zero-order chi connectivity index (χ0) is 44.5. The van der Waals surface area contributed by atoms with Crippen molar-refractivity contribution in [3.8, 4) is 23.0 Å². The Kier molecular flexibility index (Phi) is 16.6. The van der Waals surface area contributed by atoms with E-state index in [1.165, 1.54) is 30.9 Å². The summed E-state index contributed by atoms with van der Waals surface area (Å²) in [5.74, 6) is 0.534. The van der Waals surface area contributed by atoms with E-state index in [1.54, 1.807) is 99.0 Å². The summed E-state index contributed by atoms with van der Waals surface area (Å²) < 4.78 is 11.5. The zero-order valence-corrected chi connectivity index (χ0v) is 34.5. The van der Waals surface area contributed by atoms with Crippen molar-refractivity contribution in [2.75, 3.05) is 24.3 Å². The average Bonchev–Trinajstić information content (AvgIpc) is 3.52. The number of anilines is 2. The van der Waals surface area contributed by atoms with Crippen LogP contribution < -0.4 is 30.3 Å². The third kappa shape index (κ3) is 13.5. The molecule has 0 aliphatic carbocycles. The number of carbonyl (C=O) groups excluding carboxylic acids is 5. The number of benzene rings is 6. The predicted octanol–water partition coefficient (Wildman–Crippen LogP) is 8.83. The van der Waals surface area contributed by atoms with Gasteiger partial charge in [0.2, 0.25) is 11.8 Å². The van der Waals surface area contributed by atoms with Crippen molar-refractivity contribution in [1.29, 1.82) is 0 Å². The second-order valence-electron chi connectivity index (χ2n) is 13.3. The van der Waals surface area contributed by atoms with E-state index in [1.807, 2.05) is 62.4 Å². The minimum Gasteiger partial charge on any atom is -0.478 e. The molecule has 7 rings (SSSR count). The van der Waals surface area contributed by atoms with Crippen molar-refractivity contribution in [2.24, 2.45) is 0 Å². The fourth-order valence-electron chi connectivity index (χ4n) is 5.24. The molecule has 0 unspecified atom stereocenters. The maximum Gasteiger partial charge on any atom is 0.336 e. The molecule has 0 saturated carbocycles. The molecule has 0 radical (unpaired) electrons. The molecule has 0 saturated heterocycles. The van der Waals surface area contributed by atoms with E-state index in [0.717, 1.165) is 22.6 Å². The molecule has 1 aliphatic rings. The van der Waals surface area contributed by atoms with Crippen molar-refractivity contribution in [2.45, 2.75) is 27.7 Å². The first kappa shape index (κ1) is 45.6. The first-order chi connectivity index (χ1) is 29.2. The summed E-state index contributed by atoms with van der Waals surface area (Å²) in [5.41, 5.74) is 4.34. The molecule has 312 valence electrons. The molecular formula is C48H46N4O9. The lowest BCUT2D eigenvalue weighted by Crippen LogP contribution is -2.29. The first-order valence-corrected chi connectivity index (χ1v) is 18.9. The van der Waals surface area contributed by atoms with Gasteiger partial charge in [0.1, 0.15) is 23.0 Å². The van der Waals surface area contributed by atoms with E-state index in [0.29, 0.717) is 34.0 Å². The van der Waals surface area contributed by atoms with Crippen LogP contribution in [0.1, 0.15) is 66.4 Å². The Morgan fingerprint density at radius 1 is 0.508 bits per heavy atom. The first-order valence-electron chi connectivity index (χ1n) is 18.9. The molecule has 13 nitrogen and oxygen atoms in total. The molecule has 1 aliphatic heterocycles. The van der Waals surface area contributed by atoms with Crippen LogP contribution in [0.15, 0.2) is 146 Å². The molecule has 61 heavy (non-hydrogen) atoms. The fourth-order valence-corrected chi connectivity index (χ4v) is 5.24.